The molecule has 0 saturated carbocycles. The molecule has 0 aliphatic rings. The fourth-order valence-corrected chi connectivity index (χ4v) is 6.18. The van der Waals surface area contributed by atoms with E-state index in [2.05, 4.69) is 10.1 Å². The number of halogens is 1. The van der Waals surface area contributed by atoms with Crippen molar-refractivity contribution in [2.24, 2.45) is 0 Å². The van der Waals surface area contributed by atoms with Crippen LogP contribution in [0.15, 0.2) is 48.5 Å². The summed E-state index contributed by atoms with van der Waals surface area (Å²) in [5, 5.41) is 4.08. The molecule has 0 saturated heterocycles. The fourth-order valence-electron chi connectivity index (χ4n) is 4.38. The summed E-state index contributed by atoms with van der Waals surface area (Å²) in [6.07, 6.45) is 0.909. The first-order chi connectivity index (χ1) is 20.1. The van der Waals surface area contributed by atoms with Crippen molar-refractivity contribution in [2.75, 3.05) is 18.9 Å². The Balaban J connectivity index is 1.65. The summed E-state index contributed by atoms with van der Waals surface area (Å²) in [4.78, 5) is 21.9. The second-order valence-electron chi connectivity index (χ2n) is 9.82. The molecule has 0 radical (unpaired) electrons. The normalized spacial score (nSPS) is 14.5. The molecule has 0 bridgehead atoms. The number of nitrogens with zero attached hydrogens (tertiary/aromatic N) is 3. The van der Waals surface area contributed by atoms with E-state index in [1.807, 2.05) is 42.7 Å². The summed E-state index contributed by atoms with van der Waals surface area (Å²) < 4.78 is 39.0. The number of nitrogens with one attached hydrogen (secondary N) is 1. The summed E-state index contributed by atoms with van der Waals surface area (Å²) in [7, 11) is -4.13. The number of carbonyl (C=O) groups excluding carboxylic acids is 1. The largest absolute Gasteiger partial charge is 0.465 e. The number of nitrogens with two attached hydrogens (primary N) is 1. The Labute approximate surface area is 250 Å². The number of benzene rings is 2. The first-order valence-corrected chi connectivity index (χ1v) is 15.8. The summed E-state index contributed by atoms with van der Waals surface area (Å²) in [6, 6.07) is 13.0. The van der Waals surface area contributed by atoms with Crippen molar-refractivity contribution in [1.82, 2.24) is 19.6 Å². The van der Waals surface area contributed by atoms with E-state index in [1.54, 1.807) is 38.1 Å². The molecule has 11 nitrogen and oxygen atoms in total. The minimum atomic E-state index is -4.13. The number of unbranched alkanes of at least 4 members (excludes halogenated alkanes) is 1. The monoisotopic (exact) mass is 617 g/mol. The van der Waals surface area contributed by atoms with Gasteiger partial charge < -0.3 is 24.3 Å². The van der Waals surface area contributed by atoms with Crippen LogP contribution in [-0.4, -0.2) is 45.9 Å². The molecular weight excluding hydrogens is 581 g/mol. The van der Waals surface area contributed by atoms with Gasteiger partial charge in [0.1, 0.15) is 29.7 Å². The standard InChI is InChI=1S/C29H37ClN5O6P/c1-5-7-16-39-29(36)20(4)34-42(37,41-22-14-12-21(30)13-15-22)40-19(3)17-35-25(18-38-6-2)33-26-27(35)23-10-8-9-11-24(23)32-28(26)31/h8-15,19-20H,5-7,16-18H2,1-4H3,(H2,31,32)(H,34,37)/t19-,20+,42+/m1/s1. The van der Waals surface area contributed by atoms with Crippen LogP contribution in [0.2, 0.25) is 5.02 Å². The highest BCUT2D eigenvalue weighted by Gasteiger charge is 2.34. The number of para-hydroxylation sites is 1. The zero-order valence-corrected chi connectivity index (χ0v) is 25.9. The van der Waals surface area contributed by atoms with Crippen LogP contribution >= 0.6 is 19.3 Å². The van der Waals surface area contributed by atoms with Crippen LogP contribution < -0.4 is 15.3 Å². The maximum Gasteiger partial charge on any atom is 0.459 e. The molecule has 4 rings (SSSR count). The predicted molar refractivity (Wildman–Crippen MR) is 163 cm³/mol. The third-order valence-electron chi connectivity index (χ3n) is 6.37. The first-order valence-electron chi connectivity index (χ1n) is 13.9. The number of pyridine rings is 1. The van der Waals surface area contributed by atoms with Crippen LogP contribution in [0, 0.1) is 0 Å². The van der Waals surface area contributed by atoms with Gasteiger partial charge >= 0.3 is 13.7 Å². The minimum absolute atomic E-state index is 0.220. The average molecular weight is 618 g/mol. The molecule has 0 aliphatic heterocycles. The maximum atomic E-state index is 14.2. The Bertz CT molecular complexity index is 1560. The molecule has 0 amide bonds. The average Bonchev–Trinajstić information content (AvgIpc) is 3.31. The lowest BCUT2D eigenvalue weighted by Crippen LogP contribution is -2.36. The number of aromatic nitrogens is 3. The van der Waals surface area contributed by atoms with Crippen molar-refractivity contribution in [3.63, 3.8) is 0 Å². The molecule has 42 heavy (non-hydrogen) atoms. The number of hydrogen-bond donors (Lipinski definition) is 2. The lowest BCUT2D eigenvalue weighted by Gasteiger charge is -2.26. The number of carbonyl (C=O) groups is 1. The smallest absolute Gasteiger partial charge is 0.459 e. The molecule has 0 fully saturated rings. The number of anilines is 1. The van der Waals surface area contributed by atoms with Crippen molar-refractivity contribution < 1.29 is 27.9 Å². The minimum Gasteiger partial charge on any atom is -0.465 e. The Kier molecular flexibility index (Phi) is 10.8. The van der Waals surface area contributed by atoms with Gasteiger partial charge in [-0.3, -0.25) is 9.32 Å². The van der Waals surface area contributed by atoms with Gasteiger partial charge in [-0.2, -0.15) is 5.09 Å². The summed E-state index contributed by atoms with van der Waals surface area (Å²) >= 11 is 6.02. The lowest BCUT2D eigenvalue weighted by molar-refractivity contribution is -0.145. The summed E-state index contributed by atoms with van der Waals surface area (Å²) in [5.74, 6) is 0.599. The molecule has 4 aromatic rings. The van der Waals surface area contributed by atoms with Crippen molar-refractivity contribution in [1.29, 1.82) is 0 Å². The highest BCUT2D eigenvalue weighted by molar-refractivity contribution is 7.52. The molecule has 0 unspecified atom stereocenters. The highest BCUT2D eigenvalue weighted by Crippen LogP contribution is 2.46. The van der Waals surface area contributed by atoms with E-state index in [1.165, 1.54) is 0 Å². The topological polar surface area (TPSA) is 140 Å². The summed E-state index contributed by atoms with van der Waals surface area (Å²) in [5.41, 5.74) is 8.32. The van der Waals surface area contributed by atoms with Gasteiger partial charge in [0.25, 0.3) is 0 Å². The van der Waals surface area contributed by atoms with Crippen LogP contribution in [0.25, 0.3) is 21.9 Å². The Morgan fingerprint density at radius 3 is 2.57 bits per heavy atom. The number of fused-ring (bicyclic) bond motifs is 3. The zero-order valence-electron chi connectivity index (χ0n) is 24.2. The van der Waals surface area contributed by atoms with Gasteiger partial charge in [-0.1, -0.05) is 43.1 Å². The molecule has 0 spiro atoms. The third kappa shape index (κ3) is 7.79. The molecule has 13 heteroatoms. The Morgan fingerprint density at radius 2 is 1.86 bits per heavy atom. The quantitative estimate of drug-likeness (QED) is 0.0891. The van der Waals surface area contributed by atoms with E-state index in [4.69, 9.17) is 40.8 Å². The van der Waals surface area contributed by atoms with Crippen molar-refractivity contribution >= 4 is 53.1 Å². The zero-order chi connectivity index (χ0) is 30.3. The molecule has 0 aliphatic carbocycles. The van der Waals surface area contributed by atoms with E-state index in [0.29, 0.717) is 34.3 Å². The van der Waals surface area contributed by atoms with Crippen LogP contribution in [0.1, 0.15) is 46.4 Å². The number of hydrogen-bond acceptors (Lipinski definition) is 9. The Morgan fingerprint density at radius 1 is 1.12 bits per heavy atom. The molecular formula is C29H37ClN5O6P. The van der Waals surface area contributed by atoms with Crippen LogP contribution in [0.3, 0.4) is 0 Å². The van der Waals surface area contributed by atoms with Crippen molar-refractivity contribution in [3.05, 3.63) is 59.4 Å². The summed E-state index contributed by atoms with van der Waals surface area (Å²) in [6.45, 7) is 8.40. The SMILES string of the molecule is CCCCOC(=O)[C@H](C)N[P@@](=O)(Oc1ccc(Cl)cc1)O[C@H](C)Cn1c(COCC)nc2c(N)nc3ccccc3c21. The number of esters is 1. The molecule has 2 aromatic carbocycles. The second-order valence-corrected chi connectivity index (χ2v) is 11.9. The third-order valence-corrected chi connectivity index (χ3v) is 8.41. The lowest BCUT2D eigenvalue weighted by atomic mass is 10.2. The first kappa shape index (κ1) is 31.7. The number of ether oxygens (including phenoxy) is 2. The van der Waals surface area contributed by atoms with Crippen molar-refractivity contribution in [2.45, 2.75) is 65.8 Å². The van der Waals surface area contributed by atoms with Gasteiger partial charge in [-0.15, -0.1) is 0 Å². The molecule has 226 valence electrons. The predicted octanol–water partition coefficient (Wildman–Crippen LogP) is 6.27. The Hall–Kier alpha value is -3.21. The van der Waals surface area contributed by atoms with Gasteiger partial charge in [0, 0.05) is 17.0 Å². The number of rotatable bonds is 15. The second kappa shape index (κ2) is 14.3. The molecule has 3 atom stereocenters. The molecule has 3 N–H and O–H groups in total. The van der Waals surface area contributed by atoms with Gasteiger partial charge in [0.05, 0.1) is 30.3 Å². The van der Waals surface area contributed by atoms with Crippen LogP contribution in [0.4, 0.5) is 5.82 Å². The molecule has 2 aromatic heterocycles. The maximum absolute atomic E-state index is 14.2. The van der Waals surface area contributed by atoms with E-state index in [0.717, 1.165) is 23.7 Å². The fraction of sp³-hybridized carbons (Fsp3) is 0.414. The number of nitrogen functional groups attached to an aromatic ring is 1. The van der Waals surface area contributed by atoms with Gasteiger partial charge in [0.15, 0.2) is 5.82 Å². The van der Waals surface area contributed by atoms with E-state index >= 15 is 0 Å². The highest BCUT2D eigenvalue weighted by atomic mass is 35.5. The number of imidazole rings is 1. The molecule has 2 heterocycles. The van der Waals surface area contributed by atoms with Gasteiger partial charge in [0.2, 0.25) is 0 Å². The van der Waals surface area contributed by atoms with Gasteiger partial charge in [-0.25, -0.2) is 14.5 Å². The van der Waals surface area contributed by atoms with E-state index < -0.39 is 25.9 Å². The van der Waals surface area contributed by atoms with Crippen LogP contribution in [-0.2, 0) is 36.5 Å². The van der Waals surface area contributed by atoms with Crippen LogP contribution in [0.5, 0.6) is 5.75 Å². The van der Waals surface area contributed by atoms with Crippen molar-refractivity contribution in [3.8, 4) is 5.75 Å². The van der Waals surface area contributed by atoms with E-state index in [9.17, 15) is 9.36 Å². The van der Waals surface area contributed by atoms with Gasteiger partial charge in [-0.05, 0) is 57.5 Å². The van der Waals surface area contributed by atoms with E-state index in [-0.39, 0.29) is 25.5 Å².